The summed E-state index contributed by atoms with van der Waals surface area (Å²) in [5.74, 6) is 2.49. The van der Waals surface area contributed by atoms with Gasteiger partial charge in [-0.05, 0) is 38.8 Å². The van der Waals surface area contributed by atoms with E-state index in [1.54, 1.807) is 0 Å². The van der Waals surface area contributed by atoms with Crippen molar-refractivity contribution >= 4 is 5.91 Å². The molecule has 2 fully saturated rings. The van der Waals surface area contributed by atoms with Crippen molar-refractivity contribution < 1.29 is 4.79 Å². The fourth-order valence-corrected chi connectivity index (χ4v) is 3.18. The van der Waals surface area contributed by atoms with Crippen molar-refractivity contribution in [1.82, 2.24) is 9.80 Å². The first kappa shape index (κ1) is 14.4. The lowest BCUT2D eigenvalue weighted by molar-refractivity contribution is -0.134. The number of nitrogens with two attached hydrogens (primary N) is 1. The fourth-order valence-electron chi connectivity index (χ4n) is 3.18. The van der Waals surface area contributed by atoms with Crippen LogP contribution in [0.15, 0.2) is 0 Å². The molecule has 0 aromatic rings. The minimum atomic E-state index is -0.517. The summed E-state index contributed by atoms with van der Waals surface area (Å²) in [7, 11) is 0. The summed E-state index contributed by atoms with van der Waals surface area (Å²) in [6, 6.07) is 0.143. The molecule has 1 unspecified atom stereocenters. The monoisotopic (exact) mass is 263 g/mol. The SMILES string of the molecule is C#CCC(N)C(=O)N1CCC(N2CCCCC2)CC1. The van der Waals surface area contributed by atoms with Crippen molar-refractivity contribution in [3.05, 3.63) is 0 Å². The van der Waals surface area contributed by atoms with Crippen LogP contribution in [0.2, 0.25) is 0 Å². The highest BCUT2D eigenvalue weighted by Gasteiger charge is 2.29. The Morgan fingerprint density at radius 2 is 1.84 bits per heavy atom. The van der Waals surface area contributed by atoms with Crippen LogP contribution in [0, 0.1) is 12.3 Å². The van der Waals surface area contributed by atoms with E-state index in [2.05, 4.69) is 10.8 Å². The smallest absolute Gasteiger partial charge is 0.240 e. The average molecular weight is 263 g/mol. The summed E-state index contributed by atoms with van der Waals surface area (Å²) in [6.07, 6.45) is 11.7. The van der Waals surface area contributed by atoms with Gasteiger partial charge in [-0.15, -0.1) is 12.3 Å². The van der Waals surface area contributed by atoms with E-state index in [1.165, 1.54) is 32.4 Å². The maximum atomic E-state index is 12.1. The number of carbonyl (C=O) groups excluding carboxylic acids is 1. The quantitative estimate of drug-likeness (QED) is 0.767. The lowest BCUT2D eigenvalue weighted by Crippen LogP contribution is -2.51. The molecule has 19 heavy (non-hydrogen) atoms. The van der Waals surface area contributed by atoms with Crippen molar-refractivity contribution in [2.75, 3.05) is 26.2 Å². The predicted octanol–water partition coefficient (Wildman–Crippen LogP) is 0.814. The zero-order valence-corrected chi connectivity index (χ0v) is 11.7. The first-order valence-corrected chi connectivity index (χ1v) is 7.44. The Balaban J connectivity index is 1.78. The Kier molecular flexibility index (Phi) is 5.24. The predicted molar refractivity (Wildman–Crippen MR) is 76.5 cm³/mol. The third kappa shape index (κ3) is 3.71. The van der Waals surface area contributed by atoms with E-state index in [4.69, 9.17) is 12.2 Å². The minimum Gasteiger partial charge on any atom is -0.341 e. The van der Waals surface area contributed by atoms with E-state index in [-0.39, 0.29) is 5.91 Å². The van der Waals surface area contributed by atoms with Crippen LogP contribution >= 0.6 is 0 Å². The molecule has 1 amide bonds. The van der Waals surface area contributed by atoms with Gasteiger partial charge in [0.15, 0.2) is 0 Å². The van der Waals surface area contributed by atoms with Crippen LogP contribution in [0.3, 0.4) is 0 Å². The molecule has 2 aliphatic heterocycles. The number of hydrogen-bond donors (Lipinski definition) is 1. The fraction of sp³-hybridized carbons (Fsp3) is 0.800. The van der Waals surface area contributed by atoms with Crippen LogP contribution in [0.1, 0.15) is 38.5 Å². The maximum absolute atomic E-state index is 12.1. The summed E-state index contributed by atoms with van der Waals surface area (Å²) in [5, 5.41) is 0. The number of hydrogen-bond acceptors (Lipinski definition) is 3. The molecule has 2 saturated heterocycles. The summed E-state index contributed by atoms with van der Waals surface area (Å²) in [4.78, 5) is 16.6. The zero-order chi connectivity index (χ0) is 13.7. The molecule has 2 N–H and O–H groups in total. The molecule has 2 rings (SSSR count). The summed E-state index contributed by atoms with van der Waals surface area (Å²) in [5.41, 5.74) is 5.79. The van der Waals surface area contributed by atoms with Gasteiger partial charge < -0.3 is 15.5 Å². The van der Waals surface area contributed by atoms with Crippen LogP contribution in [0.25, 0.3) is 0 Å². The van der Waals surface area contributed by atoms with E-state index in [9.17, 15) is 4.79 Å². The molecule has 106 valence electrons. The van der Waals surface area contributed by atoms with Crippen LogP contribution < -0.4 is 5.73 Å². The van der Waals surface area contributed by atoms with Gasteiger partial charge in [-0.25, -0.2) is 0 Å². The second kappa shape index (κ2) is 6.93. The van der Waals surface area contributed by atoms with Gasteiger partial charge in [-0.1, -0.05) is 6.42 Å². The summed E-state index contributed by atoms with van der Waals surface area (Å²) < 4.78 is 0. The van der Waals surface area contributed by atoms with Gasteiger partial charge in [-0.3, -0.25) is 4.79 Å². The van der Waals surface area contributed by atoms with Crippen molar-refractivity contribution in [3.8, 4) is 12.3 Å². The summed E-state index contributed by atoms with van der Waals surface area (Å²) in [6.45, 7) is 4.13. The lowest BCUT2D eigenvalue weighted by atomic mass is 9.99. The number of carbonyl (C=O) groups is 1. The molecule has 0 aromatic heterocycles. The van der Waals surface area contributed by atoms with Crippen LogP contribution in [-0.4, -0.2) is 54.0 Å². The number of rotatable bonds is 3. The van der Waals surface area contributed by atoms with Gasteiger partial charge in [0, 0.05) is 25.6 Å². The maximum Gasteiger partial charge on any atom is 0.240 e. The second-order valence-corrected chi connectivity index (χ2v) is 5.67. The molecule has 4 heteroatoms. The van der Waals surface area contributed by atoms with Crippen molar-refractivity contribution in [3.63, 3.8) is 0 Å². The van der Waals surface area contributed by atoms with Gasteiger partial charge in [0.25, 0.3) is 0 Å². The Hall–Kier alpha value is -1.05. The topological polar surface area (TPSA) is 49.6 Å². The number of piperidine rings is 2. The van der Waals surface area contributed by atoms with Gasteiger partial charge in [-0.2, -0.15) is 0 Å². The van der Waals surface area contributed by atoms with Crippen LogP contribution in [0.4, 0.5) is 0 Å². The molecule has 1 atom stereocenters. The Labute approximate surface area is 116 Å². The van der Waals surface area contributed by atoms with Crippen molar-refractivity contribution in [2.45, 2.75) is 50.6 Å². The first-order valence-electron chi connectivity index (χ1n) is 7.44. The molecule has 0 bridgehead atoms. The van der Waals surface area contributed by atoms with Gasteiger partial charge >= 0.3 is 0 Å². The highest BCUT2D eigenvalue weighted by molar-refractivity contribution is 5.82. The molecule has 4 nitrogen and oxygen atoms in total. The van der Waals surface area contributed by atoms with Crippen LogP contribution in [0.5, 0.6) is 0 Å². The molecule has 0 aliphatic carbocycles. The molecule has 0 spiro atoms. The molecular weight excluding hydrogens is 238 g/mol. The number of likely N-dealkylation sites (tertiary alicyclic amines) is 2. The Morgan fingerprint density at radius 1 is 1.21 bits per heavy atom. The molecule has 0 aromatic carbocycles. The third-order valence-electron chi connectivity index (χ3n) is 4.34. The van der Waals surface area contributed by atoms with Gasteiger partial charge in [0.05, 0.1) is 6.04 Å². The molecule has 0 radical (unpaired) electrons. The molecule has 2 aliphatic rings. The van der Waals surface area contributed by atoms with E-state index < -0.39 is 6.04 Å². The minimum absolute atomic E-state index is 0.0232. The van der Waals surface area contributed by atoms with Gasteiger partial charge in [0.1, 0.15) is 0 Å². The molecular formula is C15H25N3O. The molecule has 0 saturated carbocycles. The summed E-state index contributed by atoms with van der Waals surface area (Å²) >= 11 is 0. The number of nitrogens with zero attached hydrogens (tertiary/aromatic N) is 2. The van der Waals surface area contributed by atoms with E-state index in [0.29, 0.717) is 12.5 Å². The van der Waals surface area contributed by atoms with Gasteiger partial charge in [0.2, 0.25) is 5.91 Å². The largest absolute Gasteiger partial charge is 0.341 e. The van der Waals surface area contributed by atoms with E-state index >= 15 is 0 Å². The zero-order valence-electron chi connectivity index (χ0n) is 11.7. The van der Waals surface area contributed by atoms with E-state index in [1.807, 2.05) is 4.90 Å². The average Bonchev–Trinajstić information content (AvgIpc) is 2.48. The van der Waals surface area contributed by atoms with Crippen molar-refractivity contribution in [1.29, 1.82) is 0 Å². The second-order valence-electron chi connectivity index (χ2n) is 5.67. The number of amides is 1. The highest BCUT2D eigenvalue weighted by Crippen LogP contribution is 2.21. The number of terminal acetylenes is 1. The van der Waals surface area contributed by atoms with Crippen LogP contribution in [-0.2, 0) is 4.79 Å². The Bertz CT molecular complexity index is 336. The Morgan fingerprint density at radius 3 is 2.42 bits per heavy atom. The lowest BCUT2D eigenvalue weighted by Gasteiger charge is -2.40. The van der Waals surface area contributed by atoms with E-state index in [0.717, 1.165) is 25.9 Å². The standard InChI is InChI=1S/C15H25N3O/c1-2-6-14(16)15(19)18-11-7-13(8-12-18)17-9-4-3-5-10-17/h1,13-14H,3-12,16H2. The normalized spacial score (nSPS) is 23.9. The molecule has 2 heterocycles. The highest BCUT2D eigenvalue weighted by atomic mass is 16.2. The first-order chi connectivity index (χ1) is 9.22. The third-order valence-corrected chi connectivity index (χ3v) is 4.34. The van der Waals surface area contributed by atoms with Crippen molar-refractivity contribution in [2.24, 2.45) is 5.73 Å².